The van der Waals surface area contributed by atoms with Crippen molar-refractivity contribution in [3.8, 4) is 0 Å². The Bertz CT molecular complexity index is 1390. The fourth-order valence-electron chi connectivity index (χ4n) is 4.92. The number of halogens is 2. The highest BCUT2D eigenvalue weighted by atomic mass is 35.5. The number of methoxy groups -OCH3 is 1. The molecule has 2 N–H and O–H groups in total. The molecule has 1 unspecified atom stereocenters. The number of rotatable bonds is 8. The predicted molar refractivity (Wildman–Crippen MR) is 140 cm³/mol. The SMILES string of the molecule is COC(=O)C1=C(C2CCC(N(CC(=O)O)S(C)(=O)=O)CC2)NC(c2nccs2)=NC1c1ccc(F)cc1Cl. The van der Waals surface area contributed by atoms with Crippen LogP contribution in [0.25, 0.3) is 0 Å². The maximum Gasteiger partial charge on any atom is 0.338 e. The van der Waals surface area contributed by atoms with Gasteiger partial charge in [0.25, 0.3) is 0 Å². The van der Waals surface area contributed by atoms with Gasteiger partial charge in [-0.15, -0.1) is 11.3 Å². The van der Waals surface area contributed by atoms with Gasteiger partial charge in [-0.3, -0.25) is 9.79 Å². The standard InChI is InChI=1S/C24H26ClFN4O6S2/c1-36-24(33)19-20(13-3-6-15(7-4-13)30(12-18(31)32)38(2,34)35)28-22(23-27-9-10-37-23)29-21(19)16-8-5-14(26)11-17(16)25/h5,8-11,13,15,21H,3-4,6-7,12H2,1-2H3,(H,28,29)(H,31,32). The summed E-state index contributed by atoms with van der Waals surface area (Å²) in [5, 5.41) is 14.9. The number of allylic oxidation sites excluding steroid dienone is 1. The monoisotopic (exact) mass is 584 g/mol. The largest absolute Gasteiger partial charge is 0.480 e. The number of carbonyl (C=O) groups excluding carboxylic acids is 1. The van der Waals surface area contributed by atoms with Gasteiger partial charge in [-0.25, -0.2) is 22.6 Å². The van der Waals surface area contributed by atoms with Crippen molar-refractivity contribution in [2.45, 2.75) is 37.8 Å². The summed E-state index contributed by atoms with van der Waals surface area (Å²) in [6.07, 6.45) is 4.32. The Labute approximate surface area is 228 Å². The Balaban J connectivity index is 1.73. The number of aliphatic imine (C=N–C) groups is 1. The second-order valence-electron chi connectivity index (χ2n) is 9.03. The van der Waals surface area contributed by atoms with Crippen molar-refractivity contribution in [3.63, 3.8) is 0 Å². The number of carbonyl (C=O) groups is 2. The van der Waals surface area contributed by atoms with E-state index in [2.05, 4.69) is 10.3 Å². The second-order valence-corrected chi connectivity index (χ2v) is 12.3. The average Bonchev–Trinajstić information content (AvgIpc) is 3.41. The van der Waals surface area contributed by atoms with Crippen LogP contribution in [-0.2, 0) is 24.3 Å². The lowest BCUT2D eigenvalue weighted by molar-refractivity contribution is -0.138. The molecule has 0 amide bonds. The van der Waals surface area contributed by atoms with Crippen LogP contribution in [0.3, 0.4) is 0 Å². The normalized spacial score (nSPS) is 22.1. The van der Waals surface area contributed by atoms with Gasteiger partial charge in [-0.2, -0.15) is 4.31 Å². The smallest absolute Gasteiger partial charge is 0.338 e. The minimum absolute atomic E-state index is 0.0982. The Morgan fingerprint density at radius 1 is 1.29 bits per heavy atom. The fraction of sp³-hybridized carbons (Fsp3) is 0.417. The molecule has 1 aromatic carbocycles. The van der Waals surface area contributed by atoms with Crippen LogP contribution >= 0.6 is 22.9 Å². The summed E-state index contributed by atoms with van der Waals surface area (Å²) in [6.45, 7) is -0.617. The Morgan fingerprint density at radius 2 is 2.00 bits per heavy atom. The van der Waals surface area contributed by atoms with Crippen molar-refractivity contribution in [1.82, 2.24) is 14.6 Å². The molecule has 2 aliphatic rings. The molecule has 2 heterocycles. The van der Waals surface area contributed by atoms with Gasteiger partial charge < -0.3 is 15.2 Å². The van der Waals surface area contributed by atoms with E-state index in [0.29, 0.717) is 47.8 Å². The molecule has 1 aliphatic carbocycles. The minimum atomic E-state index is -3.74. The van der Waals surface area contributed by atoms with E-state index >= 15 is 0 Å². The first-order chi connectivity index (χ1) is 18.0. The zero-order valence-corrected chi connectivity index (χ0v) is 22.9. The third-order valence-corrected chi connectivity index (χ3v) is 8.99. The molecule has 0 saturated heterocycles. The topological polar surface area (TPSA) is 138 Å². The number of aliphatic carboxylic acids is 1. The number of carboxylic acid groups (broad SMARTS) is 1. The second kappa shape index (κ2) is 11.5. The number of amidine groups is 1. The van der Waals surface area contributed by atoms with Gasteiger partial charge in [-0.1, -0.05) is 17.7 Å². The summed E-state index contributed by atoms with van der Waals surface area (Å²) in [5.41, 5.74) is 1.18. The molecule has 38 heavy (non-hydrogen) atoms. The van der Waals surface area contributed by atoms with Crippen LogP contribution in [0.5, 0.6) is 0 Å². The summed E-state index contributed by atoms with van der Waals surface area (Å²) < 4.78 is 44.5. The lowest BCUT2D eigenvalue weighted by Crippen LogP contribution is -2.45. The summed E-state index contributed by atoms with van der Waals surface area (Å²) in [5.74, 6) is -2.20. The number of sulfonamides is 1. The lowest BCUT2D eigenvalue weighted by atomic mass is 9.80. The molecule has 1 saturated carbocycles. The van der Waals surface area contributed by atoms with E-state index in [1.54, 1.807) is 11.6 Å². The number of hydrogen-bond acceptors (Lipinski definition) is 9. The van der Waals surface area contributed by atoms with Crippen LogP contribution in [0.4, 0.5) is 4.39 Å². The van der Waals surface area contributed by atoms with Crippen molar-refractivity contribution in [1.29, 1.82) is 0 Å². The first-order valence-electron chi connectivity index (χ1n) is 11.7. The van der Waals surface area contributed by atoms with Crippen LogP contribution in [0.15, 0.2) is 46.0 Å². The zero-order valence-electron chi connectivity index (χ0n) is 20.6. The predicted octanol–water partition coefficient (Wildman–Crippen LogP) is 3.36. The van der Waals surface area contributed by atoms with Gasteiger partial charge in [0.2, 0.25) is 10.0 Å². The third kappa shape index (κ3) is 6.06. The van der Waals surface area contributed by atoms with Crippen molar-refractivity contribution in [3.05, 3.63) is 62.5 Å². The summed E-state index contributed by atoms with van der Waals surface area (Å²) >= 11 is 7.74. The molecule has 2 aromatic rings. The van der Waals surface area contributed by atoms with E-state index in [-0.39, 0.29) is 16.5 Å². The van der Waals surface area contributed by atoms with E-state index in [1.807, 2.05) is 0 Å². The van der Waals surface area contributed by atoms with Crippen molar-refractivity contribution < 1.29 is 32.2 Å². The number of aromatic nitrogens is 1. The van der Waals surface area contributed by atoms with Gasteiger partial charge in [0, 0.05) is 33.9 Å². The van der Waals surface area contributed by atoms with E-state index in [0.717, 1.165) is 16.6 Å². The Hall–Kier alpha value is -2.87. The average molecular weight is 585 g/mol. The molecule has 14 heteroatoms. The van der Waals surface area contributed by atoms with Gasteiger partial charge in [0.05, 0.1) is 18.9 Å². The highest BCUT2D eigenvalue weighted by Crippen LogP contribution is 2.41. The molecule has 1 aliphatic heterocycles. The molecule has 0 radical (unpaired) electrons. The number of thiazole rings is 1. The number of nitrogens with one attached hydrogen (secondary N) is 1. The Morgan fingerprint density at radius 3 is 2.55 bits per heavy atom. The number of hydrogen-bond donors (Lipinski definition) is 2. The summed E-state index contributed by atoms with van der Waals surface area (Å²) in [4.78, 5) is 33.5. The van der Waals surface area contributed by atoms with Crippen LogP contribution < -0.4 is 5.32 Å². The van der Waals surface area contributed by atoms with Crippen LogP contribution in [0.2, 0.25) is 5.02 Å². The number of carboxylic acids is 1. The van der Waals surface area contributed by atoms with Gasteiger partial charge in [-0.05, 0) is 43.7 Å². The van der Waals surface area contributed by atoms with Gasteiger partial charge in [0.1, 0.15) is 18.4 Å². The molecule has 0 spiro atoms. The Kier molecular flexibility index (Phi) is 8.50. The number of esters is 1. The summed E-state index contributed by atoms with van der Waals surface area (Å²) in [7, 11) is -2.49. The van der Waals surface area contributed by atoms with Crippen molar-refractivity contribution in [2.24, 2.45) is 10.9 Å². The van der Waals surface area contributed by atoms with Gasteiger partial charge in [0.15, 0.2) is 10.8 Å². The van der Waals surface area contributed by atoms with E-state index < -0.39 is 46.4 Å². The number of nitrogens with zero attached hydrogens (tertiary/aromatic N) is 3. The summed E-state index contributed by atoms with van der Waals surface area (Å²) in [6, 6.07) is 2.48. The quantitative estimate of drug-likeness (QED) is 0.451. The van der Waals surface area contributed by atoms with E-state index in [4.69, 9.17) is 21.3 Å². The molecule has 1 aromatic heterocycles. The fourth-order valence-corrected chi connectivity index (χ4v) is 6.88. The zero-order chi connectivity index (χ0) is 27.6. The number of benzene rings is 1. The minimum Gasteiger partial charge on any atom is -0.480 e. The van der Waals surface area contributed by atoms with E-state index in [1.165, 1.54) is 30.6 Å². The van der Waals surface area contributed by atoms with E-state index in [9.17, 15) is 27.5 Å². The maximum absolute atomic E-state index is 13.8. The van der Waals surface area contributed by atoms with Crippen LogP contribution in [0.1, 0.15) is 42.3 Å². The molecule has 1 fully saturated rings. The maximum atomic E-state index is 13.8. The highest BCUT2D eigenvalue weighted by Gasteiger charge is 2.39. The first-order valence-corrected chi connectivity index (χ1v) is 14.8. The molecule has 204 valence electrons. The van der Waals surface area contributed by atoms with Crippen molar-refractivity contribution >= 4 is 50.7 Å². The lowest BCUT2D eigenvalue weighted by Gasteiger charge is -2.37. The molecular weight excluding hydrogens is 559 g/mol. The molecule has 4 rings (SSSR count). The molecule has 10 nitrogen and oxygen atoms in total. The number of ether oxygens (including phenoxy) is 1. The third-order valence-electron chi connectivity index (χ3n) is 6.60. The molecular formula is C24H26ClFN4O6S2. The van der Waals surface area contributed by atoms with Gasteiger partial charge >= 0.3 is 11.9 Å². The van der Waals surface area contributed by atoms with Crippen LogP contribution in [-0.4, -0.2) is 66.5 Å². The molecule has 1 atom stereocenters. The van der Waals surface area contributed by atoms with Crippen molar-refractivity contribution in [2.75, 3.05) is 19.9 Å². The first kappa shape index (κ1) is 28.1. The molecule has 0 bridgehead atoms. The van der Waals surface area contributed by atoms with Crippen LogP contribution in [0, 0.1) is 11.7 Å². The highest BCUT2D eigenvalue weighted by molar-refractivity contribution is 7.88.